The van der Waals surface area contributed by atoms with Crippen LogP contribution in [0.5, 0.6) is 0 Å². The molecule has 2 heteroatoms. The van der Waals surface area contributed by atoms with Gasteiger partial charge in [-0.1, -0.05) is 66.2 Å². The monoisotopic (exact) mass is 518 g/mol. The molecule has 40 heavy (non-hydrogen) atoms. The van der Waals surface area contributed by atoms with E-state index in [1.807, 2.05) is 12.4 Å². The molecule has 0 atom stereocenters. The zero-order valence-corrected chi connectivity index (χ0v) is 24.2. The number of aryl methyl sites for hydroxylation is 6. The second kappa shape index (κ2) is 9.13. The molecule has 0 unspecified atom stereocenters. The molecule has 8 rings (SSSR count). The third-order valence-electron chi connectivity index (χ3n) is 9.02. The van der Waals surface area contributed by atoms with Crippen LogP contribution < -0.4 is 0 Å². The fourth-order valence-corrected chi connectivity index (χ4v) is 6.59. The first kappa shape index (κ1) is 24.7. The van der Waals surface area contributed by atoms with Crippen LogP contribution in [0.2, 0.25) is 0 Å². The summed E-state index contributed by atoms with van der Waals surface area (Å²) in [6.07, 6.45) is 5.97. The van der Waals surface area contributed by atoms with Crippen molar-refractivity contribution in [2.75, 3.05) is 0 Å². The SMILES string of the molecule is Cc1cc2c(cc1C)-c1c(ncc3cccc(C)c13)C2.Cc1ccc2cnc3c(c2c1)-c1cc(C)c(C)cc1C3. The number of aromatic nitrogens is 2. The third-order valence-corrected chi connectivity index (χ3v) is 9.02. The molecule has 6 aromatic rings. The van der Waals surface area contributed by atoms with Crippen LogP contribution >= 0.6 is 0 Å². The largest absolute Gasteiger partial charge is 0.260 e. The Kier molecular flexibility index (Phi) is 5.64. The van der Waals surface area contributed by atoms with Crippen LogP contribution in [0.25, 0.3) is 43.8 Å². The first-order chi connectivity index (χ1) is 19.3. The summed E-state index contributed by atoms with van der Waals surface area (Å²) in [5, 5.41) is 5.20. The van der Waals surface area contributed by atoms with Gasteiger partial charge in [-0.05, 0) is 102 Å². The number of pyridine rings is 2. The molecule has 0 spiro atoms. The summed E-state index contributed by atoms with van der Waals surface area (Å²) in [4.78, 5) is 9.39. The molecule has 2 nitrogen and oxygen atoms in total. The molecule has 0 saturated heterocycles. The molecule has 2 heterocycles. The summed E-state index contributed by atoms with van der Waals surface area (Å²) >= 11 is 0. The van der Waals surface area contributed by atoms with Gasteiger partial charge in [0, 0.05) is 47.1 Å². The van der Waals surface area contributed by atoms with E-state index < -0.39 is 0 Å². The number of rotatable bonds is 0. The molecule has 2 aliphatic carbocycles. The van der Waals surface area contributed by atoms with Crippen molar-refractivity contribution in [3.05, 3.63) is 129 Å². The number of benzene rings is 4. The molecule has 0 fully saturated rings. The number of nitrogens with zero attached hydrogens (tertiary/aromatic N) is 2. The van der Waals surface area contributed by atoms with E-state index in [1.54, 1.807) is 0 Å². The Morgan fingerprint density at radius 3 is 1.77 bits per heavy atom. The first-order valence-electron chi connectivity index (χ1n) is 14.2. The van der Waals surface area contributed by atoms with Crippen LogP contribution in [0.3, 0.4) is 0 Å². The van der Waals surface area contributed by atoms with Crippen LogP contribution in [0, 0.1) is 41.5 Å². The fraction of sp³-hybridized carbons (Fsp3) is 0.211. The van der Waals surface area contributed by atoms with Crippen molar-refractivity contribution in [1.29, 1.82) is 0 Å². The van der Waals surface area contributed by atoms with E-state index in [-0.39, 0.29) is 0 Å². The lowest BCUT2D eigenvalue weighted by molar-refractivity contribution is 1.13. The fourth-order valence-electron chi connectivity index (χ4n) is 6.59. The summed E-state index contributed by atoms with van der Waals surface area (Å²) in [7, 11) is 0. The lowest BCUT2D eigenvalue weighted by atomic mass is 9.95. The molecule has 2 aliphatic rings. The van der Waals surface area contributed by atoms with Crippen molar-refractivity contribution in [2.24, 2.45) is 0 Å². The topological polar surface area (TPSA) is 25.8 Å². The van der Waals surface area contributed by atoms with Crippen LogP contribution in [-0.4, -0.2) is 9.97 Å². The summed E-state index contributed by atoms with van der Waals surface area (Å²) in [6, 6.07) is 22.4. The number of hydrogen-bond donors (Lipinski definition) is 0. The molecule has 4 aromatic carbocycles. The minimum Gasteiger partial charge on any atom is -0.260 e. The molecule has 0 aliphatic heterocycles. The van der Waals surface area contributed by atoms with E-state index in [0.29, 0.717) is 0 Å². The molecular formula is C38H34N2. The molecule has 0 saturated carbocycles. The van der Waals surface area contributed by atoms with Gasteiger partial charge in [0.05, 0.1) is 11.4 Å². The predicted octanol–water partition coefficient (Wildman–Crippen LogP) is 9.46. The highest BCUT2D eigenvalue weighted by Crippen LogP contribution is 2.43. The molecule has 0 N–H and O–H groups in total. The van der Waals surface area contributed by atoms with Gasteiger partial charge in [0.25, 0.3) is 0 Å². The number of fused-ring (bicyclic) bond motifs is 10. The van der Waals surface area contributed by atoms with Gasteiger partial charge in [-0.25, -0.2) is 0 Å². The normalized spacial score (nSPS) is 12.6. The molecular weight excluding hydrogens is 484 g/mol. The molecule has 2 aromatic heterocycles. The number of hydrogen-bond acceptors (Lipinski definition) is 2. The minimum atomic E-state index is 0.968. The Morgan fingerprint density at radius 1 is 0.525 bits per heavy atom. The second-order valence-electron chi connectivity index (χ2n) is 11.8. The van der Waals surface area contributed by atoms with Gasteiger partial charge >= 0.3 is 0 Å². The average Bonchev–Trinajstić information content (AvgIpc) is 3.47. The zero-order chi connectivity index (χ0) is 27.7. The summed E-state index contributed by atoms with van der Waals surface area (Å²) in [6.45, 7) is 13.1. The van der Waals surface area contributed by atoms with Crippen LogP contribution in [0.4, 0.5) is 0 Å². The smallest absolute Gasteiger partial charge is 0.0532 e. The van der Waals surface area contributed by atoms with Crippen LogP contribution in [0.15, 0.2) is 73.1 Å². The van der Waals surface area contributed by atoms with E-state index >= 15 is 0 Å². The zero-order valence-electron chi connectivity index (χ0n) is 24.2. The van der Waals surface area contributed by atoms with E-state index in [9.17, 15) is 0 Å². The Hall–Kier alpha value is -4.30. The van der Waals surface area contributed by atoms with E-state index in [2.05, 4.69) is 102 Å². The van der Waals surface area contributed by atoms with Crippen molar-refractivity contribution in [2.45, 2.75) is 54.4 Å². The van der Waals surface area contributed by atoms with Gasteiger partial charge in [-0.2, -0.15) is 0 Å². The lowest BCUT2D eigenvalue weighted by Crippen LogP contribution is -1.89. The maximum Gasteiger partial charge on any atom is 0.0532 e. The van der Waals surface area contributed by atoms with Crippen molar-refractivity contribution in [3.63, 3.8) is 0 Å². The lowest BCUT2D eigenvalue weighted by Gasteiger charge is -2.10. The van der Waals surface area contributed by atoms with Gasteiger partial charge in [-0.3, -0.25) is 9.97 Å². The van der Waals surface area contributed by atoms with Gasteiger partial charge in [0.2, 0.25) is 0 Å². The van der Waals surface area contributed by atoms with Gasteiger partial charge in [-0.15, -0.1) is 0 Å². The Bertz CT molecular complexity index is 2010. The minimum absolute atomic E-state index is 0.968. The summed E-state index contributed by atoms with van der Waals surface area (Å²) < 4.78 is 0. The third kappa shape index (κ3) is 3.85. The van der Waals surface area contributed by atoms with Crippen molar-refractivity contribution in [1.82, 2.24) is 9.97 Å². The van der Waals surface area contributed by atoms with Crippen LogP contribution in [0.1, 0.15) is 55.9 Å². The van der Waals surface area contributed by atoms with E-state index in [0.717, 1.165) is 12.8 Å². The highest BCUT2D eigenvalue weighted by Gasteiger charge is 2.24. The first-order valence-corrected chi connectivity index (χ1v) is 14.2. The quantitative estimate of drug-likeness (QED) is 0.200. The van der Waals surface area contributed by atoms with E-state index in [1.165, 1.54) is 99.7 Å². The molecule has 0 radical (unpaired) electrons. The van der Waals surface area contributed by atoms with Gasteiger partial charge in [0.15, 0.2) is 0 Å². The highest BCUT2D eigenvalue weighted by molar-refractivity contribution is 6.02. The molecule has 0 bridgehead atoms. The van der Waals surface area contributed by atoms with E-state index in [4.69, 9.17) is 9.97 Å². The Balaban J connectivity index is 0.000000132. The van der Waals surface area contributed by atoms with Gasteiger partial charge in [0.1, 0.15) is 0 Å². The summed E-state index contributed by atoms with van der Waals surface area (Å²) in [5.41, 5.74) is 18.9. The maximum absolute atomic E-state index is 4.70. The second-order valence-corrected chi connectivity index (χ2v) is 11.8. The Labute approximate surface area is 236 Å². The standard InChI is InChI=1S/2C19H17N/c1-11-4-5-14-10-20-18-9-15-7-12(2)13(3)8-17(15)19(18)16(14)6-11;1-11-5-4-6-14-10-20-17-9-15-7-12(2)13(3)8-16(15)19(17)18(11)14/h2*4-8,10H,9H2,1-3H3. The van der Waals surface area contributed by atoms with Gasteiger partial charge < -0.3 is 0 Å². The van der Waals surface area contributed by atoms with Crippen molar-refractivity contribution < 1.29 is 0 Å². The molecule has 0 amide bonds. The predicted molar refractivity (Wildman–Crippen MR) is 168 cm³/mol. The van der Waals surface area contributed by atoms with Crippen LogP contribution in [-0.2, 0) is 12.8 Å². The summed E-state index contributed by atoms with van der Waals surface area (Å²) in [5.74, 6) is 0. The maximum atomic E-state index is 4.70. The average molecular weight is 519 g/mol. The molecule has 196 valence electrons. The Morgan fingerprint density at radius 2 is 1.10 bits per heavy atom. The van der Waals surface area contributed by atoms with Crippen molar-refractivity contribution >= 4 is 21.5 Å². The van der Waals surface area contributed by atoms with Crippen molar-refractivity contribution in [3.8, 4) is 22.3 Å². The highest BCUT2D eigenvalue weighted by atomic mass is 14.7.